The lowest BCUT2D eigenvalue weighted by molar-refractivity contribution is -0.144. The van der Waals surface area contributed by atoms with Gasteiger partial charge in [0.2, 0.25) is 0 Å². The second kappa shape index (κ2) is 14.8. The highest BCUT2D eigenvalue weighted by atomic mass is 19.4. The molecule has 0 amide bonds. The van der Waals surface area contributed by atoms with Crippen LogP contribution in [-0.4, -0.2) is 10.2 Å². The van der Waals surface area contributed by atoms with Crippen LogP contribution in [0.2, 0.25) is 0 Å². The molecule has 2 aliphatic rings. The van der Waals surface area contributed by atoms with Gasteiger partial charge in [0.05, 0.1) is 22.3 Å². The van der Waals surface area contributed by atoms with Crippen molar-refractivity contribution in [3.05, 3.63) is 166 Å². The Morgan fingerprint density at radius 3 is 0.984 bits per heavy atom. The summed E-state index contributed by atoms with van der Waals surface area (Å²) in [5, 5.41) is 24.8. The highest BCUT2D eigenvalue weighted by Gasteiger charge is 2.51. The fraction of sp³-hybridized carbons (Fsp3) is 0.184. The minimum atomic E-state index is -5.24. The van der Waals surface area contributed by atoms with Gasteiger partial charge < -0.3 is 10.2 Å². The third-order valence-corrected chi connectivity index (χ3v) is 12.1. The Hall–Kier alpha value is -6.44. The quantitative estimate of drug-likeness (QED) is 0.164. The predicted octanol–water partition coefficient (Wildman–Crippen LogP) is 15.3. The van der Waals surface area contributed by atoms with Gasteiger partial charge in [0.1, 0.15) is 11.5 Å². The van der Waals surface area contributed by atoms with Gasteiger partial charge in [0.15, 0.2) is 0 Å². The van der Waals surface area contributed by atoms with E-state index in [1.807, 2.05) is 0 Å². The minimum Gasteiger partial charge on any atom is -0.507 e. The van der Waals surface area contributed by atoms with Crippen LogP contribution in [0.5, 0.6) is 11.5 Å². The van der Waals surface area contributed by atoms with E-state index in [4.69, 9.17) is 0 Å². The number of rotatable bonds is 6. The fourth-order valence-corrected chi connectivity index (χ4v) is 9.17. The number of fused-ring (bicyclic) bond motifs is 4. The molecule has 0 unspecified atom stereocenters. The predicted molar refractivity (Wildman–Crippen MR) is 216 cm³/mol. The van der Waals surface area contributed by atoms with Gasteiger partial charge in [-0.1, -0.05) is 73.8 Å². The normalized spacial score (nSPS) is 14.8. The molecule has 0 saturated heterocycles. The summed E-state index contributed by atoms with van der Waals surface area (Å²) in [6.45, 7) is 7.47. The lowest BCUT2D eigenvalue weighted by atomic mass is 9.73. The molecule has 1 spiro atoms. The molecule has 6 aromatic rings. The molecule has 0 aliphatic heterocycles. The Kier molecular flexibility index (Phi) is 10.2. The van der Waals surface area contributed by atoms with E-state index < -0.39 is 86.1 Å². The van der Waals surface area contributed by atoms with Gasteiger partial charge >= 0.3 is 24.7 Å². The van der Waals surface area contributed by atoms with Crippen LogP contribution < -0.4 is 0 Å². The number of aromatic hydroxyl groups is 2. The highest BCUT2D eigenvalue weighted by molar-refractivity contribution is 5.89. The molecule has 2 aliphatic carbocycles. The van der Waals surface area contributed by atoms with Gasteiger partial charge in [0.25, 0.3) is 0 Å². The summed E-state index contributed by atoms with van der Waals surface area (Å²) >= 11 is 0. The molecule has 0 heterocycles. The smallest absolute Gasteiger partial charge is 0.416 e. The van der Waals surface area contributed by atoms with Gasteiger partial charge in [0, 0.05) is 27.7 Å². The first-order chi connectivity index (χ1) is 29.4. The van der Waals surface area contributed by atoms with Crippen molar-refractivity contribution in [1.82, 2.24) is 0 Å². The molecule has 324 valence electrons. The van der Waals surface area contributed by atoms with Gasteiger partial charge in [-0.15, -0.1) is 0 Å². The van der Waals surface area contributed by atoms with Crippen molar-refractivity contribution in [2.45, 2.75) is 55.8 Å². The summed E-state index contributed by atoms with van der Waals surface area (Å²) in [5.41, 5.74) is -6.26. The van der Waals surface area contributed by atoms with Crippen LogP contribution in [-0.2, 0) is 43.0 Å². The third-order valence-electron chi connectivity index (χ3n) is 12.1. The third kappa shape index (κ3) is 7.52. The number of alkyl halides is 12. The van der Waals surface area contributed by atoms with Crippen LogP contribution in [0.25, 0.3) is 56.7 Å². The van der Waals surface area contributed by atoms with Crippen molar-refractivity contribution in [2.24, 2.45) is 0 Å². The first kappa shape index (κ1) is 43.2. The summed E-state index contributed by atoms with van der Waals surface area (Å²) in [6.07, 6.45) is -17.5. The molecule has 14 heteroatoms. The minimum absolute atomic E-state index is 0.0434. The summed E-state index contributed by atoms with van der Waals surface area (Å²) in [6, 6.07) is 17.8. The average molecular weight is 881 g/mol. The Morgan fingerprint density at radius 2 is 0.714 bits per heavy atom. The number of phenols is 2. The molecule has 0 aromatic heterocycles. The van der Waals surface area contributed by atoms with E-state index in [2.05, 4.69) is 13.2 Å². The van der Waals surface area contributed by atoms with E-state index >= 15 is 0 Å². The highest BCUT2D eigenvalue weighted by Crippen LogP contribution is 2.63. The molecule has 0 radical (unpaired) electrons. The Balaban J connectivity index is 1.48. The van der Waals surface area contributed by atoms with Gasteiger partial charge in [-0.3, -0.25) is 0 Å². The maximum atomic E-state index is 14.2. The van der Waals surface area contributed by atoms with Crippen LogP contribution >= 0.6 is 0 Å². The van der Waals surface area contributed by atoms with E-state index in [1.54, 1.807) is 60.7 Å². The molecule has 0 atom stereocenters. The maximum Gasteiger partial charge on any atom is 0.416 e. The zero-order valence-electron chi connectivity index (χ0n) is 32.6. The van der Waals surface area contributed by atoms with Crippen molar-refractivity contribution in [1.29, 1.82) is 0 Å². The van der Waals surface area contributed by atoms with Crippen LogP contribution in [0.4, 0.5) is 52.7 Å². The monoisotopic (exact) mass is 880 g/mol. The van der Waals surface area contributed by atoms with E-state index in [9.17, 15) is 62.9 Å². The Labute approximate surface area is 352 Å². The molecule has 6 aromatic carbocycles. The van der Waals surface area contributed by atoms with Crippen LogP contribution in [0.1, 0.15) is 68.5 Å². The van der Waals surface area contributed by atoms with Crippen molar-refractivity contribution < 1.29 is 62.9 Å². The van der Waals surface area contributed by atoms with E-state index in [0.29, 0.717) is 68.8 Å². The molecule has 0 bridgehead atoms. The van der Waals surface area contributed by atoms with Crippen LogP contribution in [0, 0.1) is 0 Å². The average Bonchev–Trinajstić information content (AvgIpc) is 3.81. The van der Waals surface area contributed by atoms with Crippen LogP contribution in [0.15, 0.2) is 110 Å². The van der Waals surface area contributed by atoms with Crippen molar-refractivity contribution >= 4 is 12.2 Å². The maximum absolute atomic E-state index is 14.2. The molecule has 0 fully saturated rings. The van der Waals surface area contributed by atoms with Crippen molar-refractivity contribution in [3.8, 4) is 56.0 Å². The standard InChI is InChI=1S/C49H32F12O2/c1-3-25-5-9-27(10-6-25)37-23-39(29-17-31(46(50,51)52)21-32(18-29)47(53,54)55)43(62)41-35(37)13-15-45(41)16-14-36-38(28-11-7-26(4-2)8-12-28)24-40(44(63)42(36)45)30-19-33(48(56,57)58)22-34(20-30)49(59,60)61/h3-12,17-24,62-63H,1-2,13-16H2. The summed E-state index contributed by atoms with van der Waals surface area (Å²) in [4.78, 5) is 0. The summed E-state index contributed by atoms with van der Waals surface area (Å²) < 4.78 is 171. The zero-order valence-corrected chi connectivity index (χ0v) is 32.6. The van der Waals surface area contributed by atoms with Gasteiger partial charge in [-0.25, -0.2) is 0 Å². The topological polar surface area (TPSA) is 40.5 Å². The van der Waals surface area contributed by atoms with Gasteiger partial charge in [-0.05, 0) is 130 Å². The summed E-state index contributed by atoms with van der Waals surface area (Å²) in [5.74, 6) is -1.40. The van der Waals surface area contributed by atoms with E-state index in [1.165, 1.54) is 12.1 Å². The molecular formula is C49H32F12O2. The first-order valence-corrected chi connectivity index (χ1v) is 19.3. The van der Waals surface area contributed by atoms with Crippen LogP contribution in [0.3, 0.4) is 0 Å². The Bertz CT molecular complexity index is 2570. The fourth-order valence-electron chi connectivity index (χ4n) is 9.17. The first-order valence-electron chi connectivity index (χ1n) is 19.3. The second-order valence-corrected chi connectivity index (χ2v) is 15.7. The lowest BCUT2D eigenvalue weighted by Crippen LogP contribution is -2.22. The SMILES string of the molecule is C=Cc1ccc(-c2cc(-c3cc(C(F)(F)F)cc(C(F)(F)F)c3)c(O)c3c2CCC32CCc3c(-c4ccc(C=C)cc4)cc(-c4cc(C(F)(F)F)cc(C(F)(F)F)c4)c(O)c32)cc1. The van der Waals surface area contributed by atoms with E-state index in [-0.39, 0.29) is 48.9 Å². The summed E-state index contributed by atoms with van der Waals surface area (Å²) in [7, 11) is 0. The molecule has 8 rings (SSSR count). The largest absolute Gasteiger partial charge is 0.507 e. The molecule has 63 heavy (non-hydrogen) atoms. The molecular weight excluding hydrogens is 849 g/mol. The number of phenolic OH excluding ortho intramolecular Hbond substituents is 2. The van der Waals surface area contributed by atoms with Crippen molar-refractivity contribution in [2.75, 3.05) is 0 Å². The van der Waals surface area contributed by atoms with Gasteiger partial charge in [-0.2, -0.15) is 52.7 Å². The zero-order chi connectivity index (χ0) is 45.6. The molecule has 2 nitrogen and oxygen atoms in total. The number of hydrogen-bond acceptors (Lipinski definition) is 2. The Morgan fingerprint density at radius 1 is 0.413 bits per heavy atom. The number of hydrogen-bond donors (Lipinski definition) is 2. The lowest BCUT2D eigenvalue weighted by Gasteiger charge is -2.31. The number of halogens is 12. The number of benzene rings is 6. The van der Waals surface area contributed by atoms with Crippen molar-refractivity contribution in [3.63, 3.8) is 0 Å². The molecule has 0 saturated carbocycles. The van der Waals surface area contributed by atoms with E-state index in [0.717, 1.165) is 0 Å². The molecule has 2 N–H and O–H groups in total. The second-order valence-electron chi connectivity index (χ2n) is 15.7.